The molecule has 1 unspecified atom stereocenters. The van der Waals surface area contributed by atoms with Crippen LogP contribution in [0, 0.1) is 5.92 Å². The molecule has 3 amide bonds. The van der Waals surface area contributed by atoms with Crippen LogP contribution in [0.4, 0.5) is 0 Å². The number of carbonyl (C=O) groups is 3. The fourth-order valence-corrected chi connectivity index (χ4v) is 4.14. The van der Waals surface area contributed by atoms with E-state index in [4.69, 9.17) is 0 Å². The van der Waals surface area contributed by atoms with Crippen LogP contribution in [0.2, 0.25) is 0 Å². The molecule has 0 aromatic heterocycles. The van der Waals surface area contributed by atoms with Gasteiger partial charge in [0.15, 0.2) is 0 Å². The van der Waals surface area contributed by atoms with Crippen LogP contribution in [-0.4, -0.2) is 71.2 Å². The zero-order chi connectivity index (χ0) is 18.8. The zero-order valence-electron chi connectivity index (χ0n) is 15.7. The molecule has 0 spiro atoms. The molecule has 6 nitrogen and oxygen atoms in total. The number of carbonyl (C=O) groups excluding carboxylic acids is 3. The van der Waals surface area contributed by atoms with Crippen LogP contribution in [0.3, 0.4) is 0 Å². The minimum Gasteiger partial charge on any atom is -0.339 e. The molecule has 144 valence electrons. The fourth-order valence-electron chi connectivity index (χ4n) is 4.14. The lowest BCUT2D eigenvalue weighted by Crippen LogP contribution is -2.55. The molecule has 1 aromatic carbocycles. The molecule has 0 N–H and O–H groups in total. The van der Waals surface area contributed by atoms with E-state index < -0.39 is 0 Å². The summed E-state index contributed by atoms with van der Waals surface area (Å²) in [5.41, 5.74) is 0.979. The largest absolute Gasteiger partial charge is 0.339 e. The van der Waals surface area contributed by atoms with Gasteiger partial charge in [0.1, 0.15) is 6.04 Å². The average molecular weight is 369 g/mol. The van der Waals surface area contributed by atoms with Crippen molar-refractivity contribution in [3.8, 4) is 0 Å². The van der Waals surface area contributed by atoms with E-state index in [0.717, 1.165) is 31.2 Å². The molecular weight excluding hydrogens is 342 g/mol. The van der Waals surface area contributed by atoms with Crippen molar-refractivity contribution < 1.29 is 14.4 Å². The number of rotatable bonds is 4. The molecule has 0 radical (unpaired) electrons. The monoisotopic (exact) mass is 369 g/mol. The molecule has 3 aliphatic rings. The summed E-state index contributed by atoms with van der Waals surface area (Å²) in [7, 11) is 0. The van der Waals surface area contributed by atoms with Gasteiger partial charge in [-0.3, -0.25) is 14.4 Å². The molecule has 1 atom stereocenters. The highest BCUT2D eigenvalue weighted by atomic mass is 16.2. The van der Waals surface area contributed by atoms with Crippen molar-refractivity contribution >= 4 is 17.7 Å². The lowest BCUT2D eigenvalue weighted by Gasteiger charge is -2.37. The SMILES string of the molecule is O=C(C1CC1)N1CCN(C(=O)C2CCCN2C(=O)Cc2ccccc2)CC1. The summed E-state index contributed by atoms with van der Waals surface area (Å²) in [5.74, 6) is 0.558. The molecule has 3 fully saturated rings. The second-order valence-electron chi connectivity index (χ2n) is 7.83. The molecule has 1 aromatic rings. The zero-order valence-corrected chi connectivity index (χ0v) is 15.7. The number of amides is 3. The first-order chi connectivity index (χ1) is 13.1. The number of benzene rings is 1. The standard InChI is InChI=1S/C21H27N3O3/c25-19(15-16-5-2-1-3-6-16)24-10-4-7-18(24)21(27)23-13-11-22(12-14-23)20(26)17-8-9-17/h1-3,5-6,17-18H,4,7-15H2. The Morgan fingerprint density at radius 2 is 1.44 bits per heavy atom. The first kappa shape index (κ1) is 18.0. The predicted octanol–water partition coefficient (Wildman–Crippen LogP) is 1.30. The predicted molar refractivity (Wildman–Crippen MR) is 101 cm³/mol. The maximum Gasteiger partial charge on any atom is 0.245 e. The Kier molecular flexibility index (Phi) is 5.14. The summed E-state index contributed by atoms with van der Waals surface area (Å²) in [6.07, 6.45) is 3.98. The maximum absolute atomic E-state index is 13.0. The number of piperazine rings is 1. The first-order valence-electron chi connectivity index (χ1n) is 10.0. The summed E-state index contributed by atoms with van der Waals surface area (Å²) < 4.78 is 0. The van der Waals surface area contributed by atoms with Crippen molar-refractivity contribution in [1.82, 2.24) is 14.7 Å². The normalized spacial score (nSPS) is 22.8. The summed E-state index contributed by atoms with van der Waals surface area (Å²) in [6, 6.07) is 9.34. The Morgan fingerprint density at radius 3 is 2.07 bits per heavy atom. The van der Waals surface area contributed by atoms with Gasteiger partial charge >= 0.3 is 0 Å². The van der Waals surface area contributed by atoms with Crippen LogP contribution in [0.15, 0.2) is 30.3 Å². The van der Waals surface area contributed by atoms with E-state index in [9.17, 15) is 14.4 Å². The van der Waals surface area contributed by atoms with E-state index >= 15 is 0 Å². The van der Waals surface area contributed by atoms with Gasteiger partial charge in [0.25, 0.3) is 0 Å². The molecule has 0 bridgehead atoms. The minimum atomic E-state index is -0.341. The van der Waals surface area contributed by atoms with Gasteiger partial charge in [-0.1, -0.05) is 30.3 Å². The van der Waals surface area contributed by atoms with E-state index in [0.29, 0.717) is 39.1 Å². The van der Waals surface area contributed by atoms with Crippen molar-refractivity contribution in [3.63, 3.8) is 0 Å². The molecule has 2 heterocycles. The Morgan fingerprint density at radius 1 is 0.815 bits per heavy atom. The van der Waals surface area contributed by atoms with Crippen molar-refractivity contribution in [3.05, 3.63) is 35.9 Å². The molecule has 1 aliphatic carbocycles. The molecule has 4 rings (SSSR count). The van der Waals surface area contributed by atoms with E-state index in [1.165, 1.54) is 0 Å². The van der Waals surface area contributed by atoms with E-state index in [1.807, 2.05) is 40.1 Å². The lowest BCUT2D eigenvalue weighted by molar-refractivity contribution is -0.146. The molecule has 6 heteroatoms. The second-order valence-corrected chi connectivity index (χ2v) is 7.83. The topological polar surface area (TPSA) is 60.9 Å². The average Bonchev–Trinajstić information content (AvgIpc) is 3.44. The first-order valence-corrected chi connectivity index (χ1v) is 10.0. The summed E-state index contributed by atoms with van der Waals surface area (Å²) in [6.45, 7) is 3.04. The number of hydrogen-bond donors (Lipinski definition) is 0. The molecular formula is C21H27N3O3. The van der Waals surface area contributed by atoms with Crippen LogP contribution in [0.25, 0.3) is 0 Å². The highest BCUT2D eigenvalue weighted by molar-refractivity contribution is 5.89. The van der Waals surface area contributed by atoms with Crippen LogP contribution < -0.4 is 0 Å². The van der Waals surface area contributed by atoms with Crippen molar-refractivity contribution in [2.45, 2.75) is 38.1 Å². The third-order valence-corrected chi connectivity index (χ3v) is 5.89. The number of likely N-dealkylation sites (tertiary alicyclic amines) is 1. The third-order valence-electron chi connectivity index (χ3n) is 5.89. The molecule has 2 saturated heterocycles. The molecule has 1 saturated carbocycles. The van der Waals surface area contributed by atoms with Crippen molar-refractivity contribution in [1.29, 1.82) is 0 Å². The van der Waals surface area contributed by atoms with Crippen molar-refractivity contribution in [2.75, 3.05) is 32.7 Å². The van der Waals surface area contributed by atoms with Crippen molar-refractivity contribution in [2.24, 2.45) is 5.92 Å². The smallest absolute Gasteiger partial charge is 0.245 e. The van der Waals surface area contributed by atoms with Crippen LogP contribution in [0.1, 0.15) is 31.2 Å². The van der Waals surface area contributed by atoms with Gasteiger partial charge in [-0.15, -0.1) is 0 Å². The highest BCUT2D eigenvalue weighted by Crippen LogP contribution is 2.31. The van der Waals surface area contributed by atoms with Crippen LogP contribution >= 0.6 is 0 Å². The number of nitrogens with zero attached hydrogens (tertiary/aromatic N) is 3. The van der Waals surface area contributed by atoms with Gasteiger partial charge in [-0.2, -0.15) is 0 Å². The third kappa shape index (κ3) is 3.99. The van der Waals surface area contributed by atoms with E-state index in [2.05, 4.69) is 0 Å². The Bertz CT molecular complexity index is 709. The summed E-state index contributed by atoms with van der Waals surface area (Å²) in [5, 5.41) is 0. The maximum atomic E-state index is 13.0. The number of hydrogen-bond acceptors (Lipinski definition) is 3. The quantitative estimate of drug-likeness (QED) is 0.804. The highest BCUT2D eigenvalue weighted by Gasteiger charge is 2.39. The Hall–Kier alpha value is -2.37. The Labute approximate surface area is 160 Å². The lowest BCUT2D eigenvalue weighted by atomic mass is 10.1. The van der Waals surface area contributed by atoms with Gasteiger partial charge in [0.05, 0.1) is 6.42 Å². The summed E-state index contributed by atoms with van der Waals surface area (Å²) in [4.78, 5) is 43.4. The van der Waals surface area contributed by atoms with Gasteiger partial charge in [-0.05, 0) is 31.2 Å². The van der Waals surface area contributed by atoms with Gasteiger partial charge in [0.2, 0.25) is 17.7 Å². The summed E-state index contributed by atoms with van der Waals surface area (Å²) >= 11 is 0. The van der Waals surface area contributed by atoms with Gasteiger partial charge < -0.3 is 14.7 Å². The van der Waals surface area contributed by atoms with Crippen LogP contribution in [-0.2, 0) is 20.8 Å². The fraction of sp³-hybridized carbons (Fsp3) is 0.571. The van der Waals surface area contributed by atoms with Crippen LogP contribution in [0.5, 0.6) is 0 Å². The van der Waals surface area contributed by atoms with E-state index in [1.54, 1.807) is 4.90 Å². The molecule has 2 aliphatic heterocycles. The Balaban J connectivity index is 1.33. The van der Waals surface area contributed by atoms with Gasteiger partial charge in [-0.25, -0.2) is 0 Å². The molecule has 27 heavy (non-hydrogen) atoms. The van der Waals surface area contributed by atoms with E-state index in [-0.39, 0.29) is 29.7 Å². The second kappa shape index (κ2) is 7.71. The van der Waals surface area contributed by atoms with Gasteiger partial charge in [0, 0.05) is 38.6 Å². The minimum absolute atomic E-state index is 0.0274.